The molecule has 0 aliphatic heterocycles. The zero-order valence-corrected chi connectivity index (χ0v) is 12.6. The van der Waals surface area contributed by atoms with Crippen LogP contribution in [-0.2, 0) is 0 Å². The Kier molecular flexibility index (Phi) is 3.92. The number of aromatic nitrogens is 1. The molecule has 4 heteroatoms. The van der Waals surface area contributed by atoms with Gasteiger partial charge in [-0.1, -0.05) is 20.8 Å². The van der Waals surface area contributed by atoms with Crippen molar-refractivity contribution in [2.75, 3.05) is 7.11 Å². The molecule has 102 valence electrons. The summed E-state index contributed by atoms with van der Waals surface area (Å²) < 4.78 is 5.16. The summed E-state index contributed by atoms with van der Waals surface area (Å²) in [5.41, 5.74) is 8.32. The van der Waals surface area contributed by atoms with E-state index in [1.165, 1.54) is 0 Å². The van der Waals surface area contributed by atoms with Gasteiger partial charge in [-0.25, -0.2) is 4.98 Å². The second-order valence-electron chi connectivity index (χ2n) is 5.64. The Bertz CT molecular complexity index is 540. The lowest BCUT2D eigenvalue weighted by Crippen LogP contribution is -2.26. The van der Waals surface area contributed by atoms with Gasteiger partial charge in [0, 0.05) is 10.9 Å². The molecule has 1 aromatic heterocycles. The maximum Gasteiger partial charge on any atom is 0.118 e. The van der Waals surface area contributed by atoms with E-state index in [4.69, 9.17) is 10.5 Å². The minimum atomic E-state index is -0.0375. The molecule has 1 aromatic carbocycles. The van der Waals surface area contributed by atoms with Crippen molar-refractivity contribution in [3.05, 3.63) is 34.7 Å². The van der Waals surface area contributed by atoms with E-state index in [1.807, 2.05) is 24.3 Å². The monoisotopic (exact) mass is 276 g/mol. The normalized spacial score (nSPS) is 13.3. The Morgan fingerprint density at radius 3 is 2.37 bits per heavy atom. The van der Waals surface area contributed by atoms with Crippen molar-refractivity contribution in [1.29, 1.82) is 0 Å². The molecular weight excluding hydrogens is 256 g/mol. The molecule has 3 nitrogen and oxygen atoms in total. The minimum absolute atomic E-state index is 0.0228. The van der Waals surface area contributed by atoms with Crippen molar-refractivity contribution < 1.29 is 4.74 Å². The zero-order valence-electron chi connectivity index (χ0n) is 11.8. The van der Waals surface area contributed by atoms with Gasteiger partial charge in [-0.15, -0.1) is 11.3 Å². The number of nitrogens with two attached hydrogens (primary N) is 1. The van der Waals surface area contributed by atoms with E-state index < -0.39 is 0 Å². The minimum Gasteiger partial charge on any atom is -0.497 e. The molecule has 1 atom stereocenters. The number of hydrogen-bond acceptors (Lipinski definition) is 4. The fourth-order valence-corrected chi connectivity index (χ4v) is 2.77. The third-order valence-electron chi connectivity index (χ3n) is 3.11. The Morgan fingerprint density at radius 2 is 1.84 bits per heavy atom. The average molecular weight is 276 g/mol. The second-order valence-corrected chi connectivity index (χ2v) is 6.53. The third kappa shape index (κ3) is 3.14. The summed E-state index contributed by atoms with van der Waals surface area (Å²) >= 11 is 1.62. The number of methoxy groups -OCH3 is 1. The fourth-order valence-electron chi connectivity index (χ4n) is 1.70. The highest BCUT2D eigenvalue weighted by Crippen LogP contribution is 2.34. The van der Waals surface area contributed by atoms with Crippen LogP contribution in [0.4, 0.5) is 0 Å². The highest BCUT2D eigenvalue weighted by Gasteiger charge is 2.25. The van der Waals surface area contributed by atoms with E-state index in [-0.39, 0.29) is 11.5 Å². The Morgan fingerprint density at radius 1 is 1.21 bits per heavy atom. The predicted octanol–water partition coefficient (Wildman–Crippen LogP) is 3.86. The van der Waals surface area contributed by atoms with Gasteiger partial charge in [0.15, 0.2) is 0 Å². The number of nitrogens with zero attached hydrogens (tertiary/aromatic N) is 1. The van der Waals surface area contributed by atoms with Crippen LogP contribution < -0.4 is 10.5 Å². The van der Waals surface area contributed by atoms with Crippen LogP contribution in [0.2, 0.25) is 0 Å². The first kappa shape index (κ1) is 14.0. The lowest BCUT2D eigenvalue weighted by atomic mass is 9.88. The summed E-state index contributed by atoms with van der Waals surface area (Å²) in [4.78, 5) is 4.66. The summed E-state index contributed by atoms with van der Waals surface area (Å²) in [6, 6.07) is 7.88. The van der Waals surface area contributed by atoms with Crippen molar-refractivity contribution in [3.8, 4) is 17.0 Å². The van der Waals surface area contributed by atoms with Gasteiger partial charge in [0.25, 0.3) is 0 Å². The van der Waals surface area contributed by atoms with Gasteiger partial charge in [-0.2, -0.15) is 0 Å². The van der Waals surface area contributed by atoms with Gasteiger partial charge in [0.1, 0.15) is 10.8 Å². The van der Waals surface area contributed by atoms with Crippen LogP contribution in [0.5, 0.6) is 5.75 Å². The summed E-state index contributed by atoms with van der Waals surface area (Å²) in [5, 5.41) is 3.04. The smallest absolute Gasteiger partial charge is 0.118 e. The lowest BCUT2D eigenvalue weighted by Gasteiger charge is -2.24. The molecule has 0 amide bonds. The molecule has 1 unspecified atom stereocenters. The molecule has 1 heterocycles. The Labute approximate surface area is 118 Å². The van der Waals surface area contributed by atoms with E-state index in [0.29, 0.717) is 0 Å². The van der Waals surface area contributed by atoms with Crippen LogP contribution in [0.1, 0.15) is 31.8 Å². The van der Waals surface area contributed by atoms with E-state index in [2.05, 4.69) is 31.1 Å². The van der Waals surface area contributed by atoms with Gasteiger partial charge >= 0.3 is 0 Å². The third-order valence-corrected chi connectivity index (χ3v) is 4.03. The molecular formula is C15H20N2OS. The van der Waals surface area contributed by atoms with E-state index in [0.717, 1.165) is 22.0 Å². The molecule has 0 spiro atoms. The van der Waals surface area contributed by atoms with Crippen LogP contribution in [0.15, 0.2) is 29.6 Å². The average Bonchev–Trinajstić information content (AvgIpc) is 2.86. The first-order chi connectivity index (χ1) is 8.91. The summed E-state index contributed by atoms with van der Waals surface area (Å²) in [5.74, 6) is 0.852. The van der Waals surface area contributed by atoms with Crippen molar-refractivity contribution >= 4 is 11.3 Å². The van der Waals surface area contributed by atoms with Crippen LogP contribution in [0, 0.1) is 5.41 Å². The number of benzene rings is 1. The topological polar surface area (TPSA) is 48.1 Å². The van der Waals surface area contributed by atoms with Gasteiger partial charge in [0.2, 0.25) is 0 Å². The van der Waals surface area contributed by atoms with Gasteiger partial charge < -0.3 is 10.5 Å². The molecule has 2 N–H and O–H groups in total. The van der Waals surface area contributed by atoms with E-state index in [1.54, 1.807) is 18.4 Å². The molecule has 0 fully saturated rings. The quantitative estimate of drug-likeness (QED) is 0.926. The van der Waals surface area contributed by atoms with E-state index in [9.17, 15) is 0 Å². The van der Waals surface area contributed by atoms with Gasteiger partial charge in [0.05, 0.1) is 18.8 Å². The van der Waals surface area contributed by atoms with Crippen molar-refractivity contribution in [3.63, 3.8) is 0 Å². The van der Waals surface area contributed by atoms with E-state index >= 15 is 0 Å². The van der Waals surface area contributed by atoms with Gasteiger partial charge in [-0.3, -0.25) is 0 Å². The molecule has 0 saturated carbocycles. The molecule has 0 aliphatic carbocycles. The van der Waals surface area contributed by atoms with Crippen LogP contribution in [0.25, 0.3) is 11.3 Å². The Hall–Kier alpha value is -1.39. The number of ether oxygens (including phenoxy) is 1. The molecule has 0 radical (unpaired) electrons. The largest absolute Gasteiger partial charge is 0.497 e. The molecule has 2 aromatic rings. The van der Waals surface area contributed by atoms with Crippen LogP contribution >= 0.6 is 11.3 Å². The Balaban J connectivity index is 2.25. The molecule has 2 rings (SSSR count). The summed E-state index contributed by atoms with van der Waals surface area (Å²) in [6.07, 6.45) is 0. The maximum absolute atomic E-state index is 6.24. The van der Waals surface area contributed by atoms with Crippen molar-refractivity contribution in [1.82, 2.24) is 4.98 Å². The molecule has 0 saturated heterocycles. The van der Waals surface area contributed by atoms with Crippen molar-refractivity contribution in [2.24, 2.45) is 11.1 Å². The highest BCUT2D eigenvalue weighted by atomic mass is 32.1. The molecule has 0 bridgehead atoms. The standard InChI is InChI=1S/C15H20N2OS/c1-15(2,3)13(16)14-17-12(9-19-14)10-5-7-11(18-4)8-6-10/h5-9,13H,16H2,1-4H3. The van der Waals surface area contributed by atoms with Crippen LogP contribution in [0.3, 0.4) is 0 Å². The highest BCUT2D eigenvalue weighted by molar-refractivity contribution is 7.10. The fraction of sp³-hybridized carbons (Fsp3) is 0.400. The second kappa shape index (κ2) is 5.31. The first-order valence-electron chi connectivity index (χ1n) is 6.27. The van der Waals surface area contributed by atoms with Gasteiger partial charge in [-0.05, 0) is 29.7 Å². The maximum atomic E-state index is 6.24. The summed E-state index contributed by atoms with van der Waals surface area (Å²) in [7, 11) is 1.66. The number of rotatable bonds is 3. The number of hydrogen-bond donors (Lipinski definition) is 1. The summed E-state index contributed by atoms with van der Waals surface area (Å²) in [6.45, 7) is 6.39. The zero-order chi connectivity index (χ0) is 14.0. The lowest BCUT2D eigenvalue weighted by molar-refractivity contribution is 0.326. The SMILES string of the molecule is COc1ccc(-c2csc(C(N)C(C)(C)C)n2)cc1. The molecule has 19 heavy (non-hydrogen) atoms. The molecule has 0 aliphatic rings. The van der Waals surface area contributed by atoms with Crippen molar-refractivity contribution in [2.45, 2.75) is 26.8 Å². The van der Waals surface area contributed by atoms with Crippen LogP contribution in [-0.4, -0.2) is 12.1 Å². The number of thiazole rings is 1. The predicted molar refractivity (Wildman–Crippen MR) is 80.5 cm³/mol. The first-order valence-corrected chi connectivity index (χ1v) is 7.15.